The summed E-state index contributed by atoms with van der Waals surface area (Å²) in [6.07, 6.45) is 0. The molecule has 0 radical (unpaired) electrons. The minimum absolute atomic E-state index is 0.317. The van der Waals surface area contributed by atoms with Crippen LogP contribution in [0.15, 0.2) is 9.26 Å². The molecule has 138 valence electrons. The van der Waals surface area contributed by atoms with Gasteiger partial charge in [0.25, 0.3) is 0 Å². The Hall–Kier alpha value is -4.24. The molecule has 4 N–H and O–H groups in total. The summed E-state index contributed by atoms with van der Waals surface area (Å²) in [6, 6.07) is 0. The van der Waals surface area contributed by atoms with Gasteiger partial charge in [0.15, 0.2) is 0 Å². The summed E-state index contributed by atoms with van der Waals surface area (Å²) < 4.78 is 8.35. The lowest BCUT2D eigenvalue weighted by Gasteiger charge is -2.04. The van der Waals surface area contributed by atoms with E-state index in [4.69, 9.17) is 0 Å². The van der Waals surface area contributed by atoms with Crippen molar-refractivity contribution in [2.75, 3.05) is 10.6 Å². The van der Waals surface area contributed by atoms with Crippen LogP contribution in [0.3, 0.4) is 0 Å². The summed E-state index contributed by atoms with van der Waals surface area (Å²) in [5.74, 6) is -4.74. The van der Waals surface area contributed by atoms with Crippen LogP contribution in [0.5, 0.6) is 0 Å². The predicted molar refractivity (Wildman–Crippen MR) is 74.5 cm³/mol. The highest BCUT2D eigenvalue weighted by atomic mass is 16.8. The van der Waals surface area contributed by atoms with E-state index in [1.54, 1.807) is 10.9 Å². The van der Waals surface area contributed by atoms with Crippen molar-refractivity contribution in [2.45, 2.75) is 13.8 Å². The second-order valence-electron chi connectivity index (χ2n) is 4.53. The van der Waals surface area contributed by atoms with Crippen molar-refractivity contribution in [1.29, 1.82) is 0 Å². The largest absolute Gasteiger partial charge is 0.359 e. The Balaban J connectivity index is 2.12. The van der Waals surface area contributed by atoms with Crippen LogP contribution in [0.2, 0.25) is 0 Å². The fourth-order valence-corrected chi connectivity index (χ4v) is 1.61. The number of hydrogen-bond donors (Lipinski definition) is 4. The first-order valence-electron chi connectivity index (χ1n) is 6.56. The van der Waals surface area contributed by atoms with E-state index in [0.29, 0.717) is 0 Å². The van der Waals surface area contributed by atoms with Crippen LogP contribution in [-0.4, -0.2) is 33.9 Å². The lowest BCUT2D eigenvalue weighted by molar-refractivity contribution is -0.803. The lowest BCUT2D eigenvalue weighted by atomic mass is 10.4. The molecule has 26 heavy (non-hydrogen) atoms. The van der Waals surface area contributed by atoms with Crippen LogP contribution < -0.4 is 31.3 Å². The Morgan fingerprint density at radius 1 is 0.808 bits per heavy atom. The zero-order valence-electron chi connectivity index (χ0n) is 13.1. The highest BCUT2D eigenvalue weighted by Crippen LogP contribution is 2.08. The van der Waals surface area contributed by atoms with E-state index >= 15 is 0 Å². The molecule has 0 aromatic carbocycles. The molecule has 0 spiro atoms. The van der Waals surface area contributed by atoms with Crippen molar-refractivity contribution >= 4 is 35.3 Å². The van der Waals surface area contributed by atoms with Crippen molar-refractivity contribution in [2.24, 2.45) is 0 Å². The van der Waals surface area contributed by atoms with Crippen LogP contribution in [0, 0.1) is 10.4 Å². The van der Waals surface area contributed by atoms with Gasteiger partial charge in [0.2, 0.25) is 11.8 Å². The normalized spacial score (nSPS) is 10.1. The highest BCUT2D eigenvalue weighted by molar-refractivity contribution is 6.03. The number of hydrazine groups is 1. The van der Waals surface area contributed by atoms with Crippen molar-refractivity contribution in [3.8, 4) is 0 Å². The van der Waals surface area contributed by atoms with E-state index < -0.39 is 46.7 Å². The third kappa shape index (κ3) is 3.80. The molecule has 16 nitrogen and oxygen atoms in total. The van der Waals surface area contributed by atoms with Gasteiger partial charge < -0.3 is 10.4 Å². The molecule has 0 atom stereocenters. The van der Waals surface area contributed by atoms with Crippen LogP contribution in [-0.2, 0) is 9.59 Å². The first-order chi connectivity index (χ1) is 12.2. The van der Waals surface area contributed by atoms with Crippen LogP contribution in [0.25, 0.3) is 0 Å². The summed E-state index contributed by atoms with van der Waals surface area (Å²) in [4.78, 5) is 45.3. The first-order valence-corrected chi connectivity index (χ1v) is 6.56. The molecule has 0 aliphatic heterocycles. The number of aromatic nitrogens is 4. The minimum atomic E-state index is -1.23. The van der Waals surface area contributed by atoms with Gasteiger partial charge >= 0.3 is 34.8 Å². The number of hydrogen-bond acceptors (Lipinski definition) is 10. The summed E-state index contributed by atoms with van der Waals surface area (Å²) in [5, 5.41) is 33.3. The van der Waals surface area contributed by atoms with Crippen molar-refractivity contribution in [3.05, 3.63) is 21.8 Å². The molecule has 0 saturated heterocycles. The maximum absolute atomic E-state index is 12.0. The summed E-state index contributed by atoms with van der Waals surface area (Å²) in [7, 11) is 0. The zero-order chi connectivity index (χ0) is 19.4. The number of anilines is 2. The molecule has 0 aliphatic carbocycles. The van der Waals surface area contributed by atoms with Crippen molar-refractivity contribution in [3.63, 3.8) is 0 Å². The Morgan fingerprint density at radius 3 is 1.46 bits per heavy atom. The zero-order valence-corrected chi connectivity index (χ0v) is 13.1. The van der Waals surface area contributed by atoms with E-state index in [-0.39, 0.29) is 9.81 Å². The fraction of sp³-hybridized carbons (Fsp3) is 0.200. The third-order valence-corrected chi connectivity index (χ3v) is 2.53. The van der Waals surface area contributed by atoms with E-state index in [1.807, 2.05) is 0 Å². The van der Waals surface area contributed by atoms with Crippen molar-refractivity contribution in [1.82, 2.24) is 21.2 Å². The van der Waals surface area contributed by atoms with Gasteiger partial charge in [0, 0.05) is 13.8 Å². The average Bonchev–Trinajstić information content (AvgIpc) is 3.07. The van der Waals surface area contributed by atoms with Gasteiger partial charge in [-0.1, -0.05) is 0 Å². The number of amides is 4. The number of rotatable bonds is 4. The standard InChI is InChI=1S/C10H10N8O8/c1-3(19)11-7-5(17(23)25-15-7)9(21)13-14-10(22)6-8(12-4(2)20)16-26-18(6)24/h1-2H3,(H,13,21)(H,14,22)(H,11,15,19)(H,12,16,20). The maximum Gasteiger partial charge on any atom is 0.327 e. The van der Waals surface area contributed by atoms with Gasteiger partial charge in [-0.25, -0.2) is 0 Å². The van der Waals surface area contributed by atoms with Crippen LogP contribution in [0.4, 0.5) is 11.6 Å². The highest BCUT2D eigenvalue weighted by Gasteiger charge is 2.31. The van der Waals surface area contributed by atoms with Crippen LogP contribution >= 0.6 is 0 Å². The van der Waals surface area contributed by atoms with E-state index in [1.165, 1.54) is 0 Å². The van der Waals surface area contributed by atoms with Gasteiger partial charge in [0.05, 0.1) is 10.3 Å². The molecule has 2 heterocycles. The van der Waals surface area contributed by atoms with Gasteiger partial charge in [-0.15, -0.1) is 0 Å². The molecule has 2 aromatic heterocycles. The lowest BCUT2D eigenvalue weighted by Crippen LogP contribution is -2.48. The van der Waals surface area contributed by atoms with Crippen LogP contribution in [0.1, 0.15) is 34.8 Å². The number of carbonyl (C=O) groups excluding carboxylic acids is 4. The molecule has 0 bridgehead atoms. The Bertz CT molecular complexity index is 813. The molecule has 0 fully saturated rings. The average molecular weight is 370 g/mol. The Kier molecular flexibility index (Phi) is 4.95. The first kappa shape index (κ1) is 18.1. The maximum atomic E-state index is 12.0. The molecular formula is C10H10N8O8. The smallest absolute Gasteiger partial charge is 0.327 e. The molecule has 16 heteroatoms. The Morgan fingerprint density at radius 2 is 1.15 bits per heavy atom. The van der Waals surface area contributed by atoms with E-state index in [9.17, 15) is 29.6 Å². The number of nitrogens with zero attached hydrogens (tertiary/aromatic N) is 4. The summed E-state index contributed by atoms with van der Waals surface area (Å²) in [6.45, 7) is 2.19. The van der Waals surface area contributed by atoms with Gasteiger partial charge in [-0.3, -0.25) is 49.9 Å². The van der Waals surface area contributed by atoms with Gasteiger partial charge in [-0.05, 0) is 9.81 Å². The summed E-state index contributed by atoms with van der Waals surface area (Å²) in [5.41, 5.74) is 2.03. The molecule has 0 saturated carbocycles. The minimum Gasteiger partial charge on any atom is -0.359 e. The van der Waals surface area contributed by atoms with E-state index in [2.05, 4.69) is 30.2 Å². The second-order valence-corrected chi connectivity index (χ2v) is 4.53. The van der Waals surface area contributed by atoms with Gasteiger partial charge in [-0.2, -0.15) is 0 Å². The quantitative estimate of drug-likeness (QED) is 0.313. The number of nitrogens with one attached hydrogen (secondary N) is 4. The number of carbonyl (C=O) groups is 4. The van der Waals surface area contributed by atoms with Crippen molar-refractivity contribution < 1.29 is 38.2 Å². The molecular weight excluding hydrogens is 360 g/mol. The summed E-state index contributed by atoms with van der Waals surface area (Å²) >= 11 is 0. The predicted octanol–water partition coefficient (Wildman–Crippen LogP) is -3.08. The Labute approximate surface area is 142 Å². The third-order valence-electron chi connectivity index (χ3n) is 2.53. The molecule has 0 unspecified atom stereocenters. The SMILES string of the molecule is CC(=O)Nc1no[n+]([O-])c1C(=O)NNC(=O)c1c(NC(C)=O)no[n+]1[O-]. The molecule has 0 aliphatic rings. The fourth-order valence-electron chi connectivity index (χ4n) is 1.61. The second kappa shape index (κ2) is 7.11. The topological polar surface area (TPSA) is 222 Å². The monoisotopic (exact) mass is 370 g/mol. The van der Waals surface area contributed by atoms with E-state index in [0.717, 1.165) is 13.8 Å². The molecule has 2 rings (SSSR count). The van der Waals surface area contributed by atoms with Gasteiger partial charge in [0.1, 0.15) is 0 Å². The molecule has 4 amide bonds. The molecule has 2 aromatic rings.